The van der Waals surface area contributed by atoms with Crippen LogP contribution in [-0.4, -0.2) is 21.8 Å². The van der Waals surface area contributed by atoms with E-state index in [9.17, 15) is 9.18 Å². The number of pyridine rings is 1. The normalized spacial score (nSPS) is 15.2. The van der Waals surface area contributed by atoms with Crippen LogP contribution in [0.4, 0.5) is 4.39 Å². The van der Waals surface area contributed by atoms with Crippen LogP contribution in [0.1, 0.15) is 42.6 Å². The molecule has 4 rings (SSSR count). The molecule has 140 valence electrons. The number of fused-ring (bicyclic) bond motifs is 1. The Bertz CT molecular complexity index is 979. The van der Waals surface area contributed by atoms with E-state index in [2.05, 4.69) is 10.3 Å². The summed E-state index contributed by atoms with van der Waals surface area (Å²) < 4.78 is 15.2. The van der Waals surface area contributed by atoms with Gasteiger partial charge in [0.05, 0.1) is 5.02 Å². The summed E-state index contributed by atoms with van der Waals surface area (Å²) in [5, 5.41) is 3.10. The summed E-state index contributed by atoms with van der Waals surface area (Å²) in [4.78, 5) is 16.9. The second-order valence-electron chi connectivity index (χ2n) is 7.15. The number of hydrogen-bond acceptors (Lipinski definition) is 2. The molecule has 0 radical (unpaired) electrons. The molecule has 1 fully saturated rings. The molecule has 27 heavy (non-hydrogen) atoms. The second-order valence-corrected chi connectivity index (χ2v) is 7.56. The number of carbonyl (C=O) groups is 1. The van der Waals surface area contributed by atoms with Gasteiger partial charge in [0.1, 0.15) is 17.2 Å². The molecule has 1 aromatic carbocycles. The molecule has 3 aromatic rings. The molecule has 0 bridgehead atoms. The highest BCUT2D eigenvalue weighted by atomic mass is 35.5. The van der Waals surface area contributed by atoms with E-state index in [0.717, 1.165) is 11.1 Å². The molecule has 1 aliphatic rings. The third kappa shape index (κ3) is 3.98. The Morgan fingerprint density at radius 2 is 1.93 bits per heavy atom. The molecular weight excluding hydrogens is 365 g/mol. The van der Waals surface area contributed by atoms with Crippen LogP contribution >= 0.6 is 11.6 Å². The van der Waals surface area contributed by atoms with Gasteiger partial charge < -0.3 is 9.72 Å². The average molecular weight is 386 g/mol. The van der Waals surface area contributed by atoms with Crippen LogP contribution in [0.5, 0.6) is 0 Å². The zero-order valence-electron chi connectivity index (χ0n) is 14.9. The number of nitrogens with zero attached hydrogens (tertiary/aromatic N) is 2. The molecule has 4 nitrogen and oxygen atoms in total. The Morgan fingerprint density at radius 1 is 1.15 bits per heavy atom. The first-order chi connectivity index (χ1) is 13.1. The maximum atomic E-state index is 13.4. The number of carbonyl (C=O) groups excluding carboxylic acids is 1. The minimum absolute atomic E-state index is 0.0843. The fourth-order valence-corrected chi connectivity index (χ4v) is 3.85. The SMILES string of the molecule is O=C(NCC1CCCCC1)c1cn2cc(-c3ccc(F)c(Cl)c3)ccc2n1. The summed E-state index contributed by atoms with van der Waals surface area (Å²) in [5.41, 5.74) is 2.77. The van der Waals surface area contributed by atoms with Gasteiger partial charge in [-0.1, -0.05) is 36.9 Å². The summed E-state index contributed by atoms with van der Waals surface area (Å²) >= 11 is 5.88. The lowest BCUT2D eigenvalue weighted by Gasteiger charge is -2.21. The van der Waals surface area contributed by atoms with Gasteiger partial charge in [0, 0.05) is 18.9 Å². The van der Waals surface area contributed by atoms with E-state index in [1.807, 2.05) is 22.7 Å². The van der Waals surface area contributed by atoms with Gasteiger partial charge in [0.25, 0.3) is 5.91 Å². The lowest BCUT2D eigenvalue weighted by Crippen LogP contribution is -2.30. The van der Waals surface area contributed by atoms with Crippen molar-refractivity contribution < 1.29 is 9.18 Å². The molecule has 2 aromatic heterocycles. The van der Waals surface area contributed by atoms with Crippen molar-refractivity contribution in [2.45, 2.75) is 32.1 Å². The van der Waals surface area contributed by atoms with Gasteiger partial charge in [0.15, 0.2) is 0 Å². The third-order valence-corrected chi connectivity index (χ3v) is 5.50. The summed E-state index contributed by atoms with van der Waals surface area (Å²) in [6, 6.07) is 8.34. The van der Waals surface area contributed by atoms with E-state index in [1.165, 1.54) is 38.2 Å². The highest BCUT2D eigenvalue weighted by molar-refractivity contribution is 6.31. The topological polar surface area (TPSA) is 46.4 Å². The number of halogens is 2. The van der Waals surface area contributed by atoms with E-state index < -0.39 is 5.82 Å². The predicted molar refractivity (Wildman–Crippen MR) is 105 cm³/mol. The van der Waals surface area contributed by atoms with Crippen molar-refractivity contribution in [1.29, 1.82) is 0 Å². The zero-order chi connectivity index (χ0) is 18.8. The molecule has 0 aliphatic heterocycles. The minimum Gasteiger partial charge on any atom is -0.350 e. The number of nitrogens with one attached hydrogen (secondary N) is 1. The second kappa shape index (κ2) is 7.69. The molecule has 0 spiro atoms. The monoisotopic (exact) mass is 385 g/mol. The smallest absolute Gasteiger partial charge is 0.271 e. The first kappa shape index (κ1) is 18.0. The van der Waals surface area contributed by atoms with Crippen LogP contribution in [0.15, 0.2) is 42.7 Å². The van der Waals surface area contributed by atoms with Gasteiger partial charge in [-0.25, -0.2) is 9.37 Å². The van der Waals surface area contributed by atoms with Gasteiger partial charge >= 0.3 is 0 Å². The van der Waals surface area contributed by atoms with Crippen molar-refractivity contribution in [2.75, 3.05) is 6.54 Å². The van der Waals surface area contributed by atoms with Gasteiger partial charge in [-0.05, 0) is 54.2 Å². The summed E-state index contributed by atoms with van der Waals surface area (Å²) in [7, 11) is 0. The maximum absolute atomic E-state index is 13.4. The Morgan fingerprint density at radius 3 is 2.70 bits per heavy atom. The Kier molecular flexibility index (Phi) is 5.12. The summed E-state index contributed by atoms with van der Waals surface area (Å²) in [6.07, 6.45) is 9.78. The van der Waals surface area contributed by atoms with E-state index in [0.29, 0.717) is 23.8 Å². The summed E-state index contributed by atoms with van der Waals surface area (Å²) in [6.45, 7) is 0.714. The van der Waals surface area contributed by atoms with Crippen LogP contribution in [0.2, 0.25) is 5.02 Å². The Balaban J connectivity index is 1.51. The van der Waals surface area contributed by atoms with Crippen LogP contribution in [0.3, 0.4) is 0 Å². The van der Waals surface area contributed by atoms with E-state index >= 15 is 0 Å². The Hall–Kier alpha value is -2.40. The van der Waals surface area contributed by atoms with E-state index in [-0.39, 0.29) is 10.9 Å². The molecule has 6 heteroatoms. The van der Waals surface area contributed by atoms with Gasteiger partial charge in [-0.2, -0.15) is 0 Å². The number of aromatic nitrogens is 2. The maximum Gasteiger partial charge on any atom is 0.271 e. The number of rotatable bonds is 4. The fraction of sp³-hybridized carbons (Fsp3) is 0.333. The molecule has 0 atom stereocenters. The van der Waals surface area contributed by atoms with Crippen molar-refractivity contribution in [2.24, 2.45) is 5.92 Å². The minimum atomic E-state index is -0.443. The molecule has 1 N–H and O–H groups in total. The lowest BCUT2D eigenvalue weighted by molar-refractivity contribution is 0.0939. The average Bonchev–Trinajstić information content (AvgIpc) is 3.12. The van der Waals surface area contributed by atoms with Crippen molar-refractivity contribution in [3.63, 3.8) is 0 Å². The fourth-order valence-electron chi connectivity index (χ4n) is 3.67. The van der Waals surface area contributed by atoms with Crippen molar-refractivity contribution in [1.82, 2.24) is 14.7 Å². The Labute approximate surface area is 162 Å². The molecule has 1 amide bonds. The van der Waals surface area contributed by atoms with E-state index in [4.69, 9.17) is 11.6 Å². The largest absolute Gasteiger partial charge is 0.350 e. The standard InChI is InChI=1S/C21H21ClFN3O/c22-17-10-15(6-8-18(17)23)16-7-9-20-25-19(13-26(20)12-16)21(27)24-11-14-4-2-1-3-5-14/h6-10,12-14H,1-5,11H2,(H,24,27). The van der Waals surface area contributed by atoms with Gasteiger partial charge in [0.2, 0.25) is 0 Å². The third-order valence-electron chi connectivity index (χ3n) is 5.21. The summed E-state index contributed by atoms with van der Waals surface area (Å²) in [5.74, 6) is -0.00809. The predicted octanol–water partition coefficient (Wildman–Crippen LogP) is 5.10. The number of imidazole rings is 1. The van der Waals surface area contributed by atoms with Crippen molar-refractivity contribution in [3.05, 3.63) is 59.3 Å². The van der Waals surface area contributed by atoms with Crippen molar-refractivity contribution in [3.8, 4) is 11.1 Å². The number of hydrogen-bond donors (Lipinski definition) is 1. The molecule has 1 saturated carbocycles. The molecule has 2 heterocycles. The highest BCUT2D eigenvalue weighted by Crippen LogP contribution is 2.26. The lowest BCUT2D eigenvalue weighted by atomic mass is 9.89. The molecular formula is C21H21ClFN3O. The molecule has 1 aliphatic carbocycles. The number of benzene rings is 1. The quantitative estimate of drug-likeness (QED) is 0.678. The highest BCUT2D eigenvalue weighted by Gasteiger charge is 2.16. The zero-order valence-corrected chi connectivity index (χ0v) is 15.7. The molecule has 0 unspecified atom stereocenters. The van der Waals surface area contributed by atoms with Crippen LogP contribution in [0.25, 0.3) is 16.8 Å². The molecule has 0 saturated heterocycles. The van der Waals surface area contributed by atoms with Crippen LogP contribution in [-0.2, 0) is 0 Å². The van der Waals surface area contributed by atoms with Gasteiger partial charge in [-0.15, -0.1) is 0 Å². The number of amides is 1. The first-order valence-electron chi connectivity index (χ1n) is 9.32. The van der Waals surface area contributed by atoms with Crippen LogP contribution in [0, 0.1) is 11.7 Å². The van der Waals surface area contributed by atoms with Gasteiger partial charge in [-0.3, -0.25) is 4.79 Å². The van der Waals surface area contributed by atoms with E-state index in [1.54, 1.807) is 18.3 Å². The van der Waals surface area contributed by atoms with Crippen molar-refractivity contribution >= 4 is 23.2 Å². The van der Waals surface area contributed by atoms with Crippen LogP contribution < -0.4 is 5.32 Å². The first-order valence-corrected chi connectivity index (χ1v) is 9.70.